The Kier molecular flexibility index (Phi) is 4.54. The van der Waals surface area contributed by atoms with E-state index in [0.717, 1.165) is 30.1 Å². The molecular weight excluding hydrogens is 322 g/mol. The molecule has 116 valence electrons. The lowest BCUT2D eigenvalue weighted by molar-refractivity contribution is -0.120. The van der Waals surface area contributed by atoms with Crippen LogP contribution in [0.1, 0.15) is 17.7 Å². The summed E-state index contributed by atoms with van der Waals surface area (Å²) in [6, 6.07) is 3.55. The van der Waals surface area contributed by atoms with Gasteiger partial charge in [0.15, 0.2) is 16.1 Å². The molecule has 0 radical (unpaired) electrons. The maximum atomic E-state index is 12.4. The van der Waals surface area contributed by atoms with Crippen molar-refractivity contribution >= 4 is 39.8 Å². The van der Waals surface area contributed by atoms with E-state index < -0.39 is 0 Å². The molecule has 0 unspecified atom stereocenters. The number of thiazole rings is 1. The maximum absolute atomic E-state index is 12.4. The minimum Gasteiger partial charge on any atom is -0.354 e. The number of nitrogens with zero attached hydrogens (tertiary/aromatic N) is 4. The summed E-state index contributed by atoms with van der Waals surface area (Å²) in [6.45, 7) is 3.47. The van der Waals surface area contributed by atoms with E-state index in [0.29, 0.717) is 16.8 Å². The van der Waals surface area contributed by atoms with Gasteiger partial charge in [0.05, 0.1) is 5.92 Å². The first-order valence-electron chi connectivity index (χ1n) is 7.09. The molecule has 1 saturated heterocycles. The van der Waals surface area contributed by atoms with Crippen LogP contribution in [0.4, 0.5) is 10.9 Å². The second kappa shape index (κ2) is 6.58. The number of halogens is 1. The van der Waals surface area contributed by atoms with Crippen molar-refractivity contribution < 1.29 is 4.79 Å². The summed E-state index contributed by atoms with van der Waals surface area (Å²) in [5.41, 5.74) is 0. The van der Waals surface area contributed by atoms with Crippen molar-refractivity contribution in [3.63, 3.8) is 0 Å². The molecule has 3 heterocycles. The average molecular weight is 338 g/mol. The monoisotopic (exact) mass is 337 g/mol. The van der Waals surface area contributed by atoms with Gasteiger partial charge < -0.3 is 10.2 Å². The predicted molar refractivity (Wildman–Crippen MR) is 87.5 cm³/mol. The van der Waals surface area contributed by atoms with Gasteiger partial charge in [0.2, 0.25) is 5.91 Å². The van der Waals surface area contributed by atoms with Crippen molar-refractivity contribution in [3.05, 3.63) is 28.4 Å². The van der Waals surface area contributed by atoms with Crippen LogP contribution >= 0.6 is 22.9 Å². The predicted octanol–water partition coefficient (Wildman–Crippen LogP) is 2.75. The fourth-order valence-electron chi connectivity index (χ4n) is 2.50. The molecule has 0 aliphatic carbocycles. The molecule has 1 amide bonds. The third-order valence-corrected chi connectivity index (χ3v) is 4.62. The number of aryl methyl sites for hydroxylation is 1. The SMILES string of the molecule is Cc1cnc(NC(=O)[C@@H]2CCCN(c3ccc(Cl)nn3)C2)s1. The molecular formula is C14H16ClN5OS. The zero-order valence-electron chi connectivity index (χ0n) is 12.1. The Labute approximate surface area is 137 Å². The quantitative estimate of drug-likeness (QED) is 0.932. The number of rotatable bonds is 3. The molecule has 1 aliphatic heterocycles. The summed E-state index contributed by atoms with van der Waals surface area (Å²) < 4.78 is 0. The highest BCUT2D eigenvalue weighted by Crippen LogP contribution is 2.24. The zero-order chi connectivity index (χ0) is 15.5. The summed E-state index contributed by atoms with van der Waals surface area (Å²) in [5, 5.41) is 11.9. The summed E-state index contributed by atoms with van der Waals surface area (Å²) in [6.07, 6.45) is 3.57. The van der Waals surface area contributed by atoms with Crippen LogP contribution in [0.2, 0.25) is 5.15 Å². The van der Waals surface area contributed by atoms with E-state index in [1.807, 2.05) is 13.0 Å². The number of aromatic nitrogens is 3. The molecule has 6 nitrogen and oxygen atoms in total. The molecule has 8 heteroatoms. The topological polar surface area (TPSA) is 71.0 Å². The van der Waals surface area contributed by atoms with Crippen molar-refractivity contribution in [1.82, 2.24) is 15.2 Å². The standard InChI is InChI=1S/C14H16ClN5OS/c1-9-7-16-14(22-9)17-13(21)10-3-2-6-20(8-10)12-5-4-11(15)18-19-12/h4-5,7,10H,2-3,6,8H2,1H3,(H,16,17,21)/t10-/m1/s1. The highest BCUT2D eigenvalue weighted by Gasteiger charge is 2.27. The van der Waals surface area contributed by atoms with Crippen molar-refractivity contribution in [2.45, 2.75) is 19.8 Å². The van der Waals surface area contributed by atoms with Gasteiger partial charge in [-0.25, -0.2) is 4.98 Å². The first-order valence-corrected chi connectivity index (χ1v) is 8.29. The minimum atomic E-state index is -0.0737. The highest BCUT2D eigenvalue weighted by molar-refractivity contribution is 7.15. The number of piperidine rings is 1. The molecule has 1 aliphatic rings. The first kappa shape index (κ1) is 15.2. The average Bonchev–Trinajstić information content (AvgIpc) is 2.93. The molecule has 2 aromatic heterocycles. The van der Waals surface area contributed by atoms with Crippen LogP contribution in [0.5, 0.6) is 0 Å². The molecule has 1 fully saturated rings. The molecule has 3 rings (SSSR count). The fourth-order valence-corrected chi connectivity index (χ4v) is 3.27. The molecule has 1 atom stereocenters. The number of amides is 1. The molecule has 2 aromatic rings. The van der Waals surface area contributed by atoms with Crippen LogP contribution < -0.4 is 10.2 Å². The van der Waals surface area contributed by atoms with E-state index >= 15 is 0 Å². The normalized spacial score (nSPS) is 18.3. The fraction of sp³-hybridized carbons (Fsp3) is 0.429. The van der Waals surface area contributed by atoms with E-state index in [4.69, 9.17) is 11.6 Å². The molecule has 0 bridgehead atoms. The van der Waals surface area contributed by atoms with E-state index in [-0.39, 0.29) is 11.8 Å². The van der Waals surface area contributed by atoms with Gasteiger partial charge in [0.25, 0.3) is 0 Å². The summed E-state index contributed by atoms with van der Waals surface area (Å²) in [7, 11) is 0. The third-order valence-electron chi connectivity index (χ3n) is 3.59. The van der Waals surface area contributed by atoms with Crippen LogP contribution in [-0.4, -0.2) is 34.2 Å². The van der Waals surface area contributed by atoms with Crippen molar-refractivity contribution in [2.24, 2.45) is 5.92 Å². The lowest BCUT2D eigenvalue weighted by Gasteiger charge is -2.32. The number of hydrogen-bond acceptors (Lipinski definition) is 6. The second-order valence-corrected chi connectivity index (χ2v) is 6.89. The summed E-state index contributed by atoms with van der Waals surface area (Å²) in [4.78, 5) is 19.7. The maximum Gasteiger partial charge on any atom is 0.231 e. The number of nitrogens with one attached hydrogen (secondary N) is 1. The Morgan fingerprint density at radius 1 is 1.45 bits per heavy atom. The smallest absolute Gasteiger partial charge is 0.231 e. The Balaban J connectivity index is 1.64. The van der Waals surface area contributed by atoms with Gasteiger partial charge >= 0.3 is 0 Å². The van der Waals surface area contributed by atoms with Gasteiger partial charge in [-0.15, -0.1) is 21.5 Å². The van der Waals surface area contributed by atoms with Gasteiger partial charge in [-0.3, -0.25) is 4.79 Å². The lowest BCUT2D eigenvalue weighted by Crippen LogP contribution is -2.41. The first-order chi connectivity index (χ1) is 10.6. The zero-order valence-corrected chi connectivity index (χ0v) is 13.7. The lowest BCUT2D eigenvalue weighted by atomic mass is 9.97. The van der Waals surface area contributed by atoms with E-state index in [1.165, 1.54) is 11.3 Å². The van der Waals surface area contributed by atoms with Crippen LogP contribution in [0, 0.1) is 12.8 Å². The van der Waals surface area contributed by atoms with Crippen LogP contribution in [-0.2, 0) is 4.79 Å². The van der Waals surface area contributed by atoms with Gasteiger partial charge in [0, 0.05) is 24.2 Å². The van der Waals surface area contributed by atoms with Gasteiger partial charge in [-0.1, -0.05) is 11.6 Å². The molecule has 0 spiro atoms. The second-order valence-electron chi connectivity index (χ2n) is 5.26. The Hall–Kier alpha value is -1.73. The van der Waals surface area contributed by atoms with Crippen molar-refractivity contribution in [1.29, 1.82) is 0 Å². The van der Waals surface area contributed by atoms with Gasteiger partial charge in [-0.05, 0) is 31.9 Å². The summed E-state index contributed by atoms with van der Waals surface area (Å²) in [5.74, 6) is 0.698. The molecule has 0 saturated carbocycles. The third kappa shape index (κ3) is 3.53. The van der Waals surface area contributed by atoms with Crippen LogP contribution in [0.25, 0.3) is 0 Å². The van der Waals surface area contributed by atoms with Gasteiger partial charge in [0.1, 0.15) is 0 Å². The largest absolute Gasteiger partial charge is 0.354 e. The Bertz CT molecular complexity index is 660. The minimum absolute atomic E-state index is 0.0148. The number of carbonyl (C=O) groups is 1. The van der Waals surface area contributed by atoms with Gasteiger partial charge in [-0.2, -0.15) is 0 Å². The molecule has 0 aromatic carbocycles. The number of anilines is 2. The number of carbonyl (C=O) groups excluding carboxylic acids is 1. The Morgan fingerprint density at radius 3 is 3.00 bits per heavy atom. The molecule has 22 heavy (non-hydrogen) atoms. The van der Waals surface area contributed by atoms with Crippen LogP contribution in [0.3, 0.4) is 0 Å². The molecule has 1 N–H and O–H groups in total. The summed E-state index contributed by atoms with van der Waals surface area (Å²) >= 11 is 7.25. The van der Waals surface area contributed by atoms with E-state index in [1.54, 1.807) is 12.3 Å². The van der Waals surface area contributed by atoms with Crippen LogP contribution in [0.15, 0.2) is 18.3 Å². The van der Waals surface area contributed by atoms with E-state index in [2.05, 4.69) is 25.4 Å². The Morgan fingerprint density at radius 2 is 2.32 bits per heavy atom. The highest BCUT2D eigenvalue weighted by atomic mass is 35.5. The van der Waals surface area contributed by atoms with Crippen molar-refractivity contribution in [2.75, 3.05) is 23.3 Å². The van der Waals surface area contributed by atoms with E-state index in [9.17, 15) is 4.79 Å². The number of hydrogen-bond donors (Lipinski definition) is 1. The van der Waals surface area contributed by atoms with Crippen molar-refractivity contribution in [3.8, 4) is 0 Å².